The van der Waals surface area contributed by atoms with E-state index in [-0.39, 0.29) is 11.4 Å². The third-order valence-corrected chi connectivity index (χ3v) is 3.74. The number of amides is 1. The summed E-state index contributed by atoms with van der Waals surface area (Å²) < 4.78 is 30.9. The predicted octanol–water partition coefficient (Wildman–Crippen LogP) is 4.14. The molecule has 1 aromatic heterocycles. The Hall–Kier alpha value is -3.81. The van der Waals surface area contributed by atoms with Crippen LogP contribution in [-0.2, 0) is 4.74 Å². The number of esters is 1. The second-order valence-corrected chi connectivity index (χ2v) is 5.71. The molecule has 28 heavy (non-hydrogen) atoms. The van der Waals surface area contributed by atoms with E-state index in [2.05, 4.69) is 20.4 Å². The summed E-state index contributed by atoms with van der Waals surface area (Å²) in [5.74, 6) is -3.12. The van der Waals surface area contributed by atoms with E-state index in [1.165, 1.54) is 25.4 Å². The molecule has 1 amide bonds. The Morgan fingerprint density at radius 3 is 2.46 bits per heavy atom. The first-order valence-corrected chi connectivity index (χ1v) is 8.14. The third-order valence-electron chi connectivity index (χ3n) is 3.74. The highest BCUT2D eigenvalue weighted by molar-refractivity contribution is 6.03. The summed E-state index contributed by atoms with van der Waals surface area (Å²) >= 11 is 0. The van der Waals surface area contributed by atoms with Crippen LogP contribution in [0, 0.1) is 11.6 Å². The van der Waals surface area contributed by atoms with Gasteiger partial charge in [0.15, 0.2) is 11.6 Å². The molecule has 2 N–H and O–H groups in total. The van der Waals surface area contributed by atoms with Gasteiger partial charge in [0.05, 0.1) is 12.7 Å². The highest BCUT2D eigenvalue weighted by Crippen LogP contribution is 2.19. The number of hydrogen-bond donors (Lipinski definition) is 2. The van der Waals surface area contributed by atoms with Gasteiger partial charge in [0.2, 0.25) is 0 Å². The quantitative estimate of drug-likeness (QED) is 0.647. The van der Waals surface area contributed by atoms with E-state index in [1.807, 2.05) is 0 Å². The van der Waals surface area contributed by atoms with Crippen LogP contribution < -0.4 is 10.6 Å². The van der Waals surface area contributed by atoms with Crippen LogP contribution in [0.25, 0.3) is 0 Å². The predicted molar refractivity (Wildman–Crippen MR) is 99.6 cm³/mol. The van der Waals surface area contributed by atoms with Crippen LogP contribution in [0.4, 0.5) is 25.8 Å². The average molecular weight is 383 g/mol. The van der Waals surface area contributed by atoms with E-state index in [0.717, 1.165) is 12.1 Å². The van der Waals surface area contributed by atoms with Gasteiger partial charge in [-0.1, -0.05) is 6.07 Å². The summed E-state index contributed by atoms with van der Waals surface area (Å²) in [7, 11) is 1.29. The largest absolute Gasteiger partial charge is 0.465 e. The van der Waals surface area contributed by atoms with Crippen LogP contribution in [0.2, 0.25) is 0 Å². The second kappa shape index (κ2) is 8.26. The maximum Gasteiger partial charge on any atom is 0.337 e. The first-order chi connectivity index (χ1) is 13.5. The lowest BCUT2D eigenvalue weighted by atomic mass is 10.2. The van der Waals surface area contributed by atoms with Crippen molar-refractivity contribution in [2.75, 3.05) is 17.7 Å². The lowest BCUT2D eigenvalue weighted by molar-refractivity contribution is 0.0600. The van der Waals surface area contributed by atoms with Crippen molar-refractivity contribution in [3.8, 4) is 0 Å². The van der Waals surface area contributed by atoms with E-state index in [9.17, 15) is 18.4 Å². The number of ether oxygens (including phenoxy) is 1. The zero-order valence-corrected chi connectivity index (χ0v) is 14.7. The van der Waals surface area contributed by atoms with Gasteiger partial charge in [-0.25, -0.2) is 13.6 Å². The van der Waals surface area contributed by atoms with Crippen LogP contribution in [0.1, 0.15) is 20.8 Å². The van der Waals surface area contributed by atoms with Crippen LogP contribution >= 0.6 is 0 Å². The lowest BCUT2D eigenvalue weighted by Crippen LogP contribution is -2.14. The van der Waals surface area contributed by atoms with Crippen molar-refractivity contribution in [1.29, 1.82) is 0 Å². The molecule has 1 heterocycles. The monoisotopic (exact) mass is 383 g/mol. The molecular weight excluding hydrogens is 368 g/mol. The molecule has 0 fully saturated rings. The zero-order valence-electron chi connectivity index (χ0n) is 14.7. The van der Waals surface area contributed by atoms with Gasteiger partial charge >= 0.3 is 5.97 Å². The summed E-state index contributed by atoms with van der Waals surface area (Å²) in [6, 6.07) is 12.8. The fourth-order valence-corrected chi connectivity index (χ4v) is 2.41. The summed E-state index contributed by atoms with van der Waals surface area (Å²) in [4.78, 5) is 27.9. The number of pyridine rings is 1. The lowest BCUT2D eigenvalue weighted by Gasteiger charge is -2.10. The molecule has 0 aliphatic heterocycles. The first kappa shape index (κ1) is 19.0. The summed E-state index contributed by atoms with van der Waals surface area (Å²) in [5.41, 5.74) is 1.71. The third kappa shape index (κ3) is 4.47. The summed E-state index contributed by atoms with van der Waals surface area (Å²) in [6.07, 6.45) is 1.42. The Balaban J connectivity index is 1.75. The maximum absolute atomic E-state index is 13.3. The number of rotatable bonds is 5. The van der Waals surface area contributed by atoms with Crippen LogP contribution in [0.5, 0.6) is 0 Å². The number of anilines is 3. The Morgan fingerprint density at radius 1 is 0.929 bits per heavy atom. The minimum atomic E-state index is -1.06. The number of hydrogen-bond acceptors (Lipinski definition) is 5. The molecule has 0 aliphatic carbocycles. The molecular formula is C20H15F2N3O3. The Bertz CT molecular complexity index is 1040. The molecule has 0 aliphatic rings. The van der Waals surface area contributed by atoms with E-state index < -0.39 is 23.5 Å². The van der Waals surface area contributed by atoms with Gasteiger partial charge < -0.3 is 15.4 Å². The van der Waals surface area contributed by atoms with Crippen LogP contribution in [0.15, 0.2) is 60.8 Å². The number of nitrogens with one attached hydrogen (secondary N) is 2. The molecule has 0 bridgehead atoms. The summed E-state index contributed by atoms with van der Waals surface area (Å²) in [6.45, 7) is 0. The van der Waals surface area contributed by atoms with Gasteiger partial charge in [0.1, 0.15) is 5.69 Å². The van der Waals surface area contributed by atoms with Crippen molar-refractivity contribution in [1.82, 2.24) is 4.98 Å². The average Bonchev–Trinajstić information content (AvgIpc) is 2.70. The topological polar surface area (TPSA) is 80.3 Å². The smallest absolute Gasteiger partial charge is 0.337 e. The molecule has 3 aromatic rings. The van der Waals surface area contributed by atoms with Gasteiger partial charge in [-0.3, -0.25) is 9.78 Å². The molecule has 2 aromatic carbocycles. The molecule has 6 nitrogen and oxygen atoms in total. The normalized spacial score (nSPS) is 10.2. The van der Waals surface area contributed by atoms with Crippen molar-refractivity contribution in [3.63, 3.8) is 0 Å². The van der Waals surface area contributed by atoms with Crippen LogP contribution in [-0.4, -0.2) is 24.0 Å². The van der Waals surface area contributed by atoms with Gasteiger partial charge in [0, 0.05) is 29.3 Å². The Labute approximate surface area is 159 Å². The van der Waals surface area contributed by atoms with Crippen molar-refractivity contribution in [2.24, 2.45) is 0 Å². The molecule has 0 spiro atoms. The molecule has 3 rings (SSSR count). The number of aromatic nitrogens is 1. The molecule has 142 valence electrons. The minimum absolute atomic E-state index is 0.0684. The molecule has 0 saturated heterocycles. The van der Waals surface area contributed by atoms with E-state index in [1.54, 1.807) is 30.3 Å². The fourth-order valence-electron chi connectivity index (χ4n) is 2.41. The van der Waals surface area contributed by atoms with Crippen molar-refractivity contribution < 1.29 is 23.1 Å². The molecule has 0 radical (unpaired) electrons. The van der Waals surface area contributed by atoms with E-state index in [0.29, 0.717) is 16.9 Å². The molecule has 0 atom stereocenters. The Kier molecular flexibility index (Phi) is 5.59. The minimum Gasteiger partial charge on any atom is -0.465 e. The van der Waals surface area contributed by atoms with Gasteiger partial charge in [-0.2, -0.15) is 0 Å². The highest BCUT2D eigenvalue weighted by Gasteiger charge is 2.11. The highest BCUT2D eigenvalue weighted by atomic mass is 19.2. The van der Waals surface area contributed by atoms with Crippen molar-refractivity contribution in [2.45, 2.75) is 0 Å². The first-order valence-electron chi connectivity index (χ1n) is 8.14. The number of carbonyl (C=O) groups is 2. The molecule has 8 heteroatoms. The number of benzene rings is 2. The van der Waals surface area contributed by atoms with Gasteiger partial charge in [-0.15, -0.1) is 0 Å². The van der Waals surface area contributed by atoms with Crippen molar-refractivity contribution >= 4 is 28.9 Å². The zero-order chi connectivity index (χ0) is 20.1. The molecule has 0 unspecified atom stereocenters. The van der Waals surface area contributed by atoms with E-state index >= 15 is 0 Å². The number of methoxy groups -OCH3 is 1. The Morgan fingerprint density at radius 2 is 1.71 bits per heavy atom. The fraction of sp³-hybridized carbons (Fsp3) is 0.0500. The van der Waals surface area contributed by atoms with Crippen LogP contribution in [0.3, 0.4) is 0 Å². The second-order valence-electron chi connectivity index (χ2n) is 5.71. The summed E-state index contributed by atoms with van der Waals surface area (Å²) in [5, 5.41) is 5.51. The molecule has 0 saturated carbocycles. The van der Waals surface area contributed by atoms with Crippen molar-refractivity contribution in [3.05, 3.63) is 83.7 Å². The van der Waals surface area contributed by atoms with E-state index in [4.69, 9.17) is 0 Å². The number of carbonyl (C=O) groups excluding carboxylic acids is 2. The SMILES string of the molecule is COC(=O)c1cccc(Nc2ccnc(C(=O)Nc3ccc(F)c(F)c3)c2)c1. The number of nitrogens with zero attached hydrogens (tertiary/aromatic N) is 1. The van der Waals surface area contributed by atoms with Gasteiger partial charge in [-0.05, 0) is 42.5 Å². The standard InChI is InChI=1S/C20H15F2N3O3/c1-28-20(27)12-3-2-4-13(9-12)24-15-7-8-23-18(11-15)19(26)25-14-5-6-16(21)17(22)10-14/h2-11H,1H3,(H,23,24)(H,25,26). The number of halogens is 2. The maximum atomic E-state index is 13.3. The van der Waals surface area contributed by atoms with Gasteiger partial charge in [0.25, 0.3) is 5.91 Å².